The fourth-order valence-electron chi connectivity index (χ4n) is 2.96. The molecular formula is C14H25F3IN3O. The fourth-order valence-corrected chi connectivity index (χ4v) is 2.96. The molecule has 0 radical (unpaired) electrons. The molecule has 0 heterocycles. The van der Waals surface area contributed by atoms with Crippen molar-refractivity contribution in [3.8, 4) is 0 Å². The molecule has 8 heteroatoms. The first-order valence-electron chi connectivity index (χ1n) is 7.59. The van der Waals surface area contributed by atoms with Crippen LogP contribution in [0.1, 0.15) is 44.9 Å². The number of aliphatic imine (C=N–C) groups is 1. The van der Waals surface area contributed by atoms with Crippen LogP contribution in [0.5, 0.6) is 0 Å². The third kappa shape index (κ3) is 5.43. The van der Waals surface area contributed by atoms with E-state index in [0.29, 0.717) is 25.3 Å². The molecule has 0 bridgehead atoms. The Morgan fingerprint density at radius 2 is 1.82 bits per heavy atom. The average molecular weight is 435 g/mol. The largest absolute Gasteiger partial charge is 0.391 e. The van der Waals surface area contributed by atoms with Gasteiger partial charge in [-0.1, -0.05) is 0 Å². The van der Waals surface area contributed by atoms with Crippen LogP contribution in [0.15, 0.2) is 4.99 Å². The molecule has 3 N–H and O–H groups in total. The van der Waals surface area contributed by atoms with Gasteiger partial charge >= 0.3 is 6.18 Å². The van der Waals surface area contributed by atoms with Crippen molar-refractivity contribution >= 4 is 29.9 Å². The van der Waals surface area contributed by atoms with E-state index in [1.165, 1.54) is 0 Å². The fraction of sp³-hybridized carbons (Fsp3) is 0.929. The number of rotatable bonds is 3. The molecule has 0 aromatic carbocycles. The van der Waals surface area contributed by atoms with Gasteiger partial charge in [0.05, 0.1) is 11.5 Å². The number of halogens is 4. The Bertz CT molecular complexity index is 378. The second-order valence-electron chi connectivity index (χ2n) is 6.24. The zero-order chi connectivity index (χ0) is 15.5. The predicted octanol–water partition coefficient (Wildman–Crippen LogP) is 2.81. The van der Waals surface area contributed by atoms with Crippen LogP contribution in [0.3, 0.4) is 0 Å². The standard InChI is InChI=1S/C14H24F3N3O.HI/c1-18-12(19-9-13(21)7-2-8-13)20-11-5-3-10(4-6-11)14(15,16)17;/h10-11,21H,2-9H2,1H3,(H2,18,19,20);1H. The Hall–Kier alpha value is -0.250. The van der Waals surface area contributed by atoms with Crippen LogP contribution in [-0.4, -0.2) is 42.5 Å². The Morgan fingerprint density at radius 1 is 1.23 bits per heavy atom. The molecule has 2 aliphatic carbocycles. The van der Waals surface area contributed by atoms with Crippen LogP contribution in [0.4, 0.5) is 13.2 Å². The molecule has 2 saturated carbocycles. The van der Waals surface area contributed by atoms with E-state index in [4.69, 9.17) is 0 Å². The van der Waals surface area contributed by atoms with Gasteiger partial charge in [-0.3, -0.25) is 4.99 Å². The van der Waals surface area contributed by atoms with E-state index in [-0.39, 0.29) is 42.9 Å². The Kier molecular flexibility index (Phi) is 7.22. The van der Waals surface area contributed by atoms with E-state index < -0.39 is 17.7 Å². The van der Waals surface area contributed by atoms with Gasteiger partial charge in [0.2, 0.25) is 0 Å². The van der Waals surface area contributed by atoms with Crippen LogP contribution in [0.2, 0.25) is 0 Å². The molecule has 2 fully saturated rings. The topological polar surface area (TPSA) is 56.7 Å². The zero-order valence-corrected chi connectivity index (χ0v) is 15.1. The maximum Gasteiger partial charge on any atom is 0.391 e. The number of hydrogen-bond donors (Lipinski definition) is 3. The minimum Gasteiger partial charge on any atom is -0.388 e. The normalized spacial score (nSPS) is 28.3. The monoisotopic (exact) mass is 435 g/mol. The van der Waals surface area contributed by atoms with E-state index in [9.17, 15) is 18.3 Å². The summed E-state index contributed by atoms with van der Waals surface area (Å²) < 4.78 is 37.8. The third-order valence-electron chi connectivity index (χ3n) is 4.62. The van der Waals surface area contributed by atoms with Crippen molar-refractivity contribution < 1.29 is 18.3 Å². The van der Waals surface area contributed by atoms with Crippen molar-refractivity contribution in [1.29, 1.82) is 0 Å². The molecular weight excluding hydrogens is 410 g/mol. The molecule has 0 spiro atoms. The lowest BCUT2D eigenvalue weighted by molar-refractivity contribution is -0.182. The van der Waals surface area contributed by atoms with Crippen molar-refractivity contribution in [3.05, 3.63) is 0 Å². The molecule has 0 unspecified atom stereocenters. The van der Waals surface area contributed by atoms with Gasteiger partial charge in [-0.15, -0.1) is 24.0 Å². The maximum absolute atomic E-state index is 12.6. The summed E-state index contributed by atoms with van der Waals surface area (Å²) in [5.74, 6) is -0.605. The number of guanidine groups is 1. The molecule has 0 amide bonds. The first-order valence-corrected chi connectivity index (χ1v) is 7.59. The lowest BCUT2D eigenvalue weighted by Crippen LogP contribution is -2.52. The molecule has 0 atom stereocenters. The van der Waals surface area contributed by atoms with Gasteiger partial charge in [-0.2, -0.15) is 13.2 Å². The second-order valence-corrected chi connectivity index (χ2v) is 6.24. The molecule has 22 heavy (non-hydrogen) atoms. The van der Waals surface area contributed by atoms with E-state index in [0.717, 1.165) is 19.3 Å². The Labute approximate surface area is 146 Å². The van der Waals surface area contributed by atoms with Crippen molar-refractivity contribution in [1.82, 2.24) is 10.6 Å². The highest BCUT2D eigenvalue weighted by Gasteiger charge is 2.41. The minimum absolute atomic E-state index is 0. The number of nitrogens with one attached hydrogen (secondary N) is 2. The number of alkyl halides is 3. The number of hydrogen-bond acceptors (Lipinski definition) is 2. The van der Waals surface area contributed by atoms with Gasteiger partial charge in [0.1, 0.15) is 0 Å². The average Bonchev–Trinajstić information content (AvgIpc) is 2.41. The summed E-state index contributed by atoms with van der Waals surface area (Å²) in [6.45, 7) is 0.435. The minimum atomic E-state index is -4.07. The van der Waals surface area contributed by atoms with Crippen LogP contribution < -0.4 is 10.6 Å². The Morgan fingerprint density at radius 3 is 2.23 bits per heavy atom. The maximum atomic E-state index is 12.6. The molecule has 2 aliphatic rings. The highest BCUT2D eigenvalue weighted by atomic mass is 127. The van der Waals surface area contributed by atoms with Crippen LogP contribution in [0, 0.1) is 5.92 Å². The van der Waals surface area contributed by atoms with Gasteiger partial charge in [-0.05, 0) is 44.9 Å². The zero-order valence-electron chi connectivity index (χ0n) is 12.7. The number of nitrogens with zero attached hydrogens (tertiary/aromatic N) is 1. The molecule has 4 nitrogen and oxygen atoms in total. The van der Waals surface area contributed by atoms with Crippen molar-refractivity contribution in [3.63, 3.8) is 0 Å². The van der Waals surface area contributed by atoms with E-state index in [2.05, 4.69) is 15.6 Å². The van der Waals surface area contributed by atoms with Gasteiger partial charge in [0, 0.05) is 19.6 Å². The second kappa shape index (κ2) is 8.03. The lowest BCUT2D eigenvalue weighted by Gasteiger charge is -2.37. The summed E-state index contributed by atoms with van der Waals surface area (Å²) >= 11 is 0. The highest BCUT2D eigenvalue weighted by molar-refractivity contribution is 14.0. The van der Waals surface area contributed by atoms with E-state index in [1.807, 2.05) is 0 Å². The molecule has 0 saturated heterocycles. The van der Waals surface area contributed by atoms with E-state index >= 15 is 0 Å². The summed E-state index contributed by atoms with van der Waals surface area (Å²) in [5.41, 5.74) is -0.647. The summed E-state index contributed by atoms with van der Waals surface area (Å²) in [6, 6.07) is 0.0193. The van der Waals surface area contributed by atoms with Crippen molar-refractivity contribution in [2.24, 2.45) is 10.9 Å². The first kappa shape index (κ1) is 19.8. The summed E-state index contributed by atoms with van der Waals surface area (Å²) in [6.07, 6.45) is -0.139. The summed E-state index contributed by atoms with van der Waals surface area (Å²) in [5, 5.41) is 16.2. The van der Waals surface area contributed by atoms with Crippen molar-refractivity contribution in [2.75, 3.05) is 13.6 Å². The van der Waals surface area contributed by atoms with Gasteiger partial charge in [0.25, 0.3) is 0 Å². The van der Waals surface area contributed by atoms with Gasteiger partial charge in [-0.25, -0.2) is 0 Å². The van der Waals surface area contributed by atoms with Gasteiger partial charge < -0.3 is 15.7 Å². The molecule has 130 valence electrons. The highest BCUT2D eigenvalue weighted by Crippen LogP contribution is 2.37. The van der Waals surface area contributed by atoms with Gasteiger partial charge in [0.15, 0.2) is 5.96 Å². The van der Waals surface area contributed by atoms with Crippen molar-refractivity contribution in [2.45, 2.75) is 62.8 Å². The molecule has 0 aromatic rings. The predicted molar refractivity (Wildman–Crippen MR) is 90.5 cm³/mol. The van der Waals surface area contributed by atoms with Crippen LogP contribution in [-0.2, 0) is 0 Å². The third-order valence-corrected chi connectivity index (χ3v) is 4.62. The van der Waals surface area contributed by atoms with E-state index in [1.54, 1.807) is 7.05 Å². The quantitative estimate of drug-likeness (QED) is 0.363. The molecule has 2 rings (SSSR count). The molecule has 0 aromatic heterocycles. The van der Waals surface area contributed by atoms with Crippen LogP contribution >= 0.6 is 24.0 Å². The number of aliphatic hydroxyl groups is 1. The Balaban J connectivity index is 0.00000242. The molecule has 0 aliphatic heterocycles. The first-order chi connectivity index (χ1) is 9.82. The lowest BCUT2D eigenvalue weighted by atomic mass is 9.80. The smallest absolute Gasteiger partial charge is 0.388 e. The van der Waals surface area contributed by atoms with Crippen LogP contribution in [0.25, 0.3) is 0 Å². The summed E-state index contributed by atoms with van der Waals surface area (Å²) in [4.78, 5) is 4.07. The SMILES string of the molecule is CN=C(NCC1(O)CCC1)NC1CCC(C(F)(F)F)CC1.I. The summed E-state index contributed by atoms with van der Waals surface area (Å²) in [7, 11) is 1.63.